The van der Waals surface area contributed by atoms with E-state index in [-0.39, 0.29) is 63.2 Å². The summed E-state index contributed by atoms with van der Waals surface area (Å²) in [7, 11) is 3.28. The molecule has 0 aliphatic carbocycles. The number of likely N-dealkylation sites (tertiary alicyclic amines) is 2. The highest BCUT2D eigenvalue weighted by molar-refractivity contribution is 6.05. The number of carbonyl (C=O) groups excluding carboxylic acids is 7. The minimum atomic E-state index is -1.73. The molecule has 4 aromatic rings. The Morgan fingerprint density at radius 3 is 1.54 bits per heavy atom. The van der Waals surface area contributed by atoms with Crippen molar-refractivity contribution in [3.8, 4) is 0 Å². The number of nitrogens with zero attached hydrogens (tertiary/aromatic N) is 6. The maximum absolute atomic E-state index is 13.6. The molecule has 79 heavy (non-hydrogen) atoms. The number of aryl methyl sites for hydroxylation is 2. The Hall–Kier alpha value is -8.05. The molecule has 4 aliphatic heterocycles. The first-order valence-corrected chi connectivity index (χ1v) is 26.2. The van der Waals surface area contributed by atoms with E-state index in [4.69, 9.17) is 36.8 Å². The SMILES string of the molecule is [C-]#[N+]c1ccc(NC(=O)[C@H](O)[C@H]2OCCN(c3cccc(CC(=O)N4CC[C@H](OC)C4)c3)C2=O)cc1CC.[C-]#[N+]c1ccc(NC(=O)[C@H](OC(C)=O)[C@H]2OCCN(c3cccc(CC(=O)N4CC[C@H](OC)C4)c3)C2=O)cc1CC. The summed E-state index contributed by atoms with van der Waals surface area (Å²) in [6.07, 6.45) is -2.73. The smallest absolute Gasteiger partial charge is 0.303 e. The normalized spacial score (nSPS) is 19.8. The number of amides is 6. The van der Waals surface area contributed by atoms with Gasteiger partial charge in [0.15, 0.2) is 29.7 Å². The molecule has 4 heterocycles. The van der Waals surface area contributed by atoms with Gasteiger partial charge in [0.2, 0.25) is 17.9 Å². The number of ether oxygens (including phenoxy) is 5. The van der Waals surface area contributed by atoms with Crippen molar-refractivity contribution in [1.82, 2.24) is 9.80 Å². The Balaban J connectivity index is 0.000000229. The molecule has 0 bridgehead atoms. The third-order valence-electron chi connectivity index (χ3n) is 14.1. The van der Waals surface area contributed by atoms with E-state index in [2.05, 4.69) is 20.3 Å². The van der Waals surface area contributed by atoms with Crippen LogP contribution in [-0.4, -0.2) is 160 Å². The molecule has 8 rings (SSSR count). The van der Waals surface area contributed by atoms with Crippen molar-refractivity contribution in [2.45, 2.75) is 95.9 Å². The Bertz CT molecular complexity index is 2990. The molecule has 0 aromatic heterocycles. The van der Waals surface area contributed by atoms with Crippen molar-refractivity contribution >= 4 is 75.5 Å². The predicted octanol–water partition coefficient (Wildman–Crippen LogP) is 5.21. The quantitative estimate of drug-likeness (QED) is 0.0912. The summed E-state index contributed by atoms with van der Waals surface area (Å²) in [5.41, 5.74) is 5.95. The van der Waals surface area contributed by atoms with Crippen molar-refractivity contribution < 1.29 is 62.4 Å². The molecule has 3 N–H and O–H groups in total. The van der Waals surface area contributed by atoms with Crippen LogP contribution in [0, 0.1) is 13.1 Å². The summed E-state index contributed by atoms with van der Waals surface area (Å²) in [4.78, 5) is 104. The van der Waals surface area contributed by atoms with E-state index >= 15 is 0 Å². The van der Waals surface area contributed by atoms with Crippen LogP contribution in [0.15, 0.2) is 84.9 Å². The maximum Gasteiger partial charge on any atom is 0.303 e. The average Bonchev–Trinajstić information content (AvgIpc) is 4.22. The van der Waals surface area contributed by atoms with Crippen LogP contribution in [0.3, 0.4) is 0 Å². The number of methoxy groups -OCH3 is 2. The van der Waals surface area contributed by atoms with Crippen molar-refractivity contribution in [3.63, 3.8) is 0 Å². The summed E-state index contributed by atoms with van der Waals surface area (Å²) < 4.78 is 27.2. The van der Waals surface area contributed by atoms with E-state index < -0.39 is 54.0 Å². The molecule has 0 radical (unpaired) electrons. The van der Waals surface area contributed by atoms with E-state index in [1.165, 1.54) is 9.80 Å². The molecule has 4 aromatic carbocycles. The van der Waals surface area contributed by atoms with Crippen LogP contribution in [0.25, 0.3) is 9.69 Å². The van der Waals surface area contributed by atoms with Crippen LogP contribution in [0.2, 0.25) is 0 Å². The second kappa shape index (κ2) is 27.5. The van der Waals surface area contributed by atoms with Crippen molar-refractivity contribution in [3.05, 3.63) is 130 Å². The number of rotatable bonds is 17. The molecule has 4 saturated heterocycles. The zero-order valence-corrected chi connectivity index (χ0v) is 45.0. The Morgan fingerprint density at radius 1 is 0.658 bits per heavy atom. The summed E-state index contributed by atoms with van der Waals surface area (Å²) in [6, 6.07) is 24.0. The highest BCUT2D eigenvalue weighted by Crippen LogP contribution is 2.29. The first-order chi connectivity index (χ1) is 38.1. The standard InChI is InChI=1S/C30H34N4O7.C28H32N4O6/c1-5-21-17-22(9-10-25(21)31-3)32-29(37)27(41-19(2)35)28-30(38)34(13-14-40-28)23-8-6-7-20(15-23)16-26(36)33-12-11-24(18-33)39-4;1-4-19-16-20(8-9-23(19)29-2)30-27(35)25(34)26-28(36)32(12-13-38-26)21-7-5-6-18(14-21)15-24(33)31-11-10-22(17-31)37-3/h6-10,15,17,24,27-28H,5,11-14,16,18H2,1-2,4H3,(H,32,37);5-9,14,16,22,25-26,34H,4,10-13,15,17H2,1,3H3,(H,30,35)/t24-,27+,28+;22-,25+,26+/m00/s1. The first-order valence-electron chi connectivity index (χ1n) is 26.2. The Kier molecular flexibility index (Phi) is 20.4. The van der Waals surface area contributed by atoms with Gasteiger partial charge < -0.3 is 59.0 Å². The summed E-state index contributed by atoms with van der Waals surface area (Å²) in [5, 5.41) is 16.0. The fourth-order valence-corrected chi connectivity index (χ4v) is 9.81. The number of aliphatic hydroxyl groups excluding tert-OH is 1. The minimum Gasteiger partial charge on any atom is -0.449 e. The van der Waals surface area contributed by atoms with Gasteiger partial charge in [-0.05, 0) is 96.5 Å². The number of aliphatic hydroxyl groups is 1. The molecule has 416 valence electrons. The predicted molar refractivity (Wildman–Crippen MR) is 291 cm³/mol. The molecule has 0 saturated carbocycles. The van der Waals surface area contributed by atoms with Gasteiger partial charge in [-0.25, -0.2) is 9.69 Å². The lowest BCUT2D eigenvalue weighted by Gasteiger charge is -2.35. The summed E-state index contributed by atoms with van der Waals surface area (Å²) in [6.45, 7) is 22.6. The zero-order valence-electron chi connectivity index (χ0n) is 45.0. The fraction of sp³-hybridized carbons (Fsp3) is 0.431. The second-order valence-electron chi connectivity index (χ2n) is 19.3. The lowest BCUT2D eigenvalue weighted by Crippen LogP contribution is -2.56. The van der Waals surface area contributed by atoms with Gasteiger partial charge in [0.25, 0.3) is 23.6 Å². The Labute approximate surface area is 459 Å². The van der Waals surface area contributed by atoms with E-state index in [0.29, 0.717) is 73.1 Å². The van der Waals surface area contributed by atoms with Gasteiger partial charge in [-0.15, -0.1) is 0 Å². The van der Waals surface area contributed by atoms with Gasteiger partial charge in [-0.1, -0.05) is 50.2 Å². The minimum absolute atomic E-state index is 0.00404. The van der Waals surface area contributed by atoms with Crippen LogP contribution in [0.4, 0.5) is 34.1 Å². The van der Waals surface area contributed by atoms with Crippen molar-refractivity contribution in [1.29, 1.82) is 0 Å². The number of benzene rings is 4. The van der Waals surface area contributed by atoms with Crippen LogP contribution < -0.4 is 20.4 Å². The van der Waals surface area contributed by atoms with Gasteiger partial charge in [0.1, 0.15) is 0 Å². The van der Waals surface area contributed by atoms with Gasteiger partial charge >= 0.3 is 5.97 Å². The summed E-state index contributed by atoms with van der Waals surface area (Å²) in [5.74, 6) is -3.34. The number of anilines is 4. The Morgan fingerprint density at radius 2 is 1.11 bits per heavy atom. The topological polar surface area (TPSA) is 232 Å². The fourth-order valence-electron chi connectivity index (χ4n) is 9.81. The van der Waals surface area contributed by atoms with Gasteiger partial charge in [-0.3, -0.25) is 33.6 Å². The molecule has 4 fully saturated rings. The van der Waals surface area contributed by atoms with E-state index in [1.807, 2.05) is 26.0 Å². The molecule has 0 unspecified atom stereocenters. The number of morpholine rings is 2. The maximum atomic E-state index is 13.6. The molecule has 6 amide bonds. The highest BCUT2D eigenvalue weighted by atomic mass is 16.6. The first kappa shape index (κ1) is 58.6. The van der Waals surface area contributed by atoms with Crippen LogP contribution >= 0.6 is 0 Å². The number of hydrogen-bond acceptors (Lipinski definition) is 13. The monoisotopic (exact) mass is 1080 g/mol. The third-order valence-corrected chi connectivity index (χ3v) is 14.1. The zero-order chi connectivity index (χ0) is 56.8. The van der Waals surface area contributed by atoms with Crippen LogP contribution in [-0.2, 0) is 82.9 Å². The highest BCUT2D eigenvalue weighted by Gasteiger charge is 2.43. The molecule has 21 nitrogen and oxygen atoms in total. The lowest BCUT2D eigenvalue weighted by atomic mass is 10.1. The van der Waals surface area contributed by atoms with E-state index in [0.717, 1.165) is 42.0 Å². The molecule has 21 heteroatoms. The van der Waals surface area contributed by atoms with Crippen LogP contribution in [0.5, 0.6) is 0 Å². The molecule has 4 aliphatic rings. The molecular formula is C58H66N8O13. The molecule has 0 spiro atoms. The number of esters is 1. The van der Waals surface area contributed by atoms with E-state index in [1.54, 1.807) is 96.8 Å². The second-order valence-corrected chi connectivity index (χ2v) is 19.3. The number of carbonyl (C=O) groups is 7. The van der Waals surface area contributed by atoms with Gasteiger partial charge in [0, 0.05) is 83.2 Å². The van der Waals surface area contributed by atoms with Crippen molar-refractivity contribution in [2.24, 2.45) is 0 Å². The van der Waals surface area contributed by atoms with Gasteiger partial charge in [0.05, 0.1) is 51.4 Å². The third kappa shape index (κ3) is 14.8. The molecular weight excluding hydrogens is 1020 g/mol. The van der Waals surface area contributed by atoms with Gasteiger partial charge in [-0.2, -0.15) is 0 Å². The van der Waals surface area contributed by atoms with Crippen LogP contribution in [0.1, 0.15) is 55.9 Å². The number of nitrogens with one attached hydrogen (secondary N) is 2. The summed E-state index contributed by atoms with van der Waals surface area (Å²) >= 11 is 0. The average molecular weight is 1080 g/mol. The van der Waals surface area contributed by atoms with E-state index in [9.17, 15) is 38.7 Å². The largest absolute Gasteiger partial charge is 0.449 e. The number of hydrogen-bond donors (Lipinski definition) is 3. The molecule has 6 atom stereocenters. The van der Waals surface area contributed by atoms with Crippen molar-refractivity contribution in [2.75, 3.05) is 87.1 Å². The lowest BCUT2D eigenvalue weighted by molar-refractivity contribution is -0.167.